The maximum atomic E-state index is 12.5. The van der Waals surface area contributed by atoms with Crippen LogP contribution < -0.4 is 11.1 Å². The van der Waals surface area contributed by atoms with Gasteiger partial charge >= 0.3 is 5.97 Å². The first-order valence-electron chi connectivity index (χ1n) is 8.24. The van der Waals surface area contributed by atoms with E-state index in [9.17, 15) is 24.6 Å². The predicted molar refractivity (Wildman–Crippen MR) is 99.5 cm³/mol. The van der Waals surface area contributed by atoms with Crippen LogP contribution in [0.5, 0.6) is 5.75 Å². The van der Waals surface area contributed by atoms with Crippen LogP contribution in [0.25, 0.3) is 0 Å². The first-order chi connectivity index (χ1) is 12.8. The zero-order valence-corrected chi connectivity index (χ0v) is 15.3. The van der Waals surface area contributed by atoms with Crippen molar-refractivity contribution in [3.05, 3.63) is 53.3 Å². The summed E-state index contributed by atoms with van der Waals surface area (Å²) in [6.45, 7) is 1.77. The highest BCUT2D eigenvalue weighted by molar-refractivity contribution is 8.00. The first-order valence-corrected chi connectivity index (χ1v) is 9.28. The molecular formula is C18H19N3O5S. The predicted octanol–water partition coefficient (Wildman–Crippen LogP) is 0.707. The van der Waals surface area contributed by atoms with Gasteiger partial charge in [0.2, 0.25) is 5.91 Å². The third-order valence-corrected chi connectivity index (χ3v) is 5.70. The summed E-state index contributed by atoms with van der Waals surface area (Å²) in [5.74, 6) is -1.71. The van der Waals surface area contributed by atoms with Crippen molar-refractivity contribution < 1.29 is 24.6 Å². The van der Waals surface area contributed by atoms with E-state index < -0.39 is 35.2 Å². The highest BCUT2D eigenvalue weighted by Gasteiger charge is 2.54. The number of carboxylic acids is 1. The number of hydrogen-bond donors (Lipinski definition) is 4. The topological polar surface area (TPSA) is 133 Å². The summed E-state index contributed by atoms with van der Waals surface area (Å²) < 4.78 is 0. The second kappa shape index (κ2) is 7.45. The van der Waals surface area contributed by atoms with Crippen molar-refractivity contribution in [3.8, 4) is 5.75 Å². The number of carbonyl (C=O) groups excluding carboxylic acids is 2. The van der Waals surface area contributed by atoms with E-state index in [2.05, 4.69) is 5.32 Å². The van der Waals surface area contributed by atoms with E-state index in [0.717, 1.165) is 0 Å². The van der Waals surface area contributed by atoms with Crippen LogP contribution >= 0.6 is 11.8 Å². The molecule has 1 aromatic rings. The number of allylic oxidation sites excluding steroid dienone is 2. The number of aliphatic carboxylic acids is 1. The van der Waals surface area contributed by atoms with Gasteiger partial charge in [-0.25, -0.2) is 4.79 Å². The molecule has 1 saturated heterocycles. The molecule has 2 aliphatic heterocycles. The van der Waals surface area contributed by atoms with Crippen LogP contribution in [0.1, 0.15) is 18.5 Å². The maximum absolute atomic E-state index is 12.5. The average Bonchev–Trinajstić information content (AvgIpc) is 2.65. The zero-order valence-electron chi connectivity index (χ0n) is 14.5. The Kier molecular flexibility index (Phi) is 5.24. The molecule has 1 fully saturated rings. The van der Waals surface area contributed by atoms with E-state index in [1.165, 1.54) is 40.9 Å². The zero-order chi connectivity index (χ0) is 19.7. The van der Waals surface area contributed by atoms with E-state index in [-0.39, 0.29) is 11.4 Å². The van der Waals surface area contributed by atoms with Gasteiger partial charge in [0.1, 0.15) is 28.9 Å². The molecule has 5 N–H and O–H groups in total. The highest BCUT2D eigenvalue weighted by Crippen LogP contribution is 2.40. The van der Waals surface area contributed by atoms with Crippen molar-refractivity contribution in [1.82, 2.24) is 10.2 Å². The summed E-state index contributed by atoms with van der Waals surface area (Å²) in [7, 11) is 0. The van der Waals surface area contributed by atoms with Crippen molar-refractivity contribution in [1.29, 1.82) is 0 Å². The van der Waals surface area contributed by atoms with E-state index in [4.69, 9.17) is 5.73 Å². The number of phenolic OH excluding ortho intramolecular Hbond substituents is 1. The Balaban J connectivity index is 1.74. The number of hydrogen-bond acceptors (Lipinski definition) is 6. The summed E-state index contributed by atoms with van der Waals surface area (Å²) in [5.41, 5.74) is 6.93. The molecule has 9 heteroatoms. The van der Waals surface area contributed by atoms with Crippen LogP contribution in [-0.4, -0.2) is 50.1 Å². The van der Waals surface area contributed by atoms with Gasteiger partial charge in [0.25, 0.3) is 5.91 Å². The Bertz CT molecular complexity index is 849. The van der Waals surface area contributed by atoms with Gasteiger partial charge in [0.15, 0.2) is 0 Å². The summed E-state index contributed by atoms with van der Waals surface area (Å²) in [6.07, 6.45) is 3.39. The number of thioether (sulfide) groups is 1. The largest absolute Gasteiger partial charge is 0.508 e. The Labute approximate surface area is 159 Å². The molecule has 3 atom stereocenters. The normalized spacial score (nSPS) is 23.0. The molecule has 0 bridgehead atoms. The number of amides is 2. The molecular weight excluding hydrogens is 370 g/mol. The first kappa shape index (κ1) is 19.0. The van der Waals surface area contributed by atoms with Gasteiger partial charge in [-0.3, -0.25) is 14.5 Å². The molecule has 0 unspecified atom stereocenters. The summed E-state index contributed by atoms with van der Waals surface area (Å²) >= 11 is 1.39. The van der Waals surface area contributed by atoms with E-state index in [1.54, 1.807) is 19.1 Å². The number of carbonyl (C=O) groups is 3. The second-order valence-corrected chi connectivity index (χ2v) is 7.25. The van der Waals surface area contributed by atoms with Crippen molar-refractivity contribution in [2.24, 2.45) is 5.73 Å². The van der Waals surface area contributed by atoms with Gasteiger partial charge in [-0.1, -0.05) is 24.3 Å². The number of nitrogens with one attached hydrogen (secondary N) is 1. The second-order valence-electron chi connectivity index (χ2n) is 6.14. The quantitative estimate of drug-likeness (QED) is 0.545. The fourth-order valence-electron chi connectivity index (χ4n) is 3.05. The van der Waals surface area contributed by atoms with E-state index in [1.807, 2.05) is 0 Å². The molecule has 1 aromatic carbocycles. The van der Waals surface area contributed by atoms with Crippen molar-refractivity contribution in [3.63, 3.8) is 0 Å². The Morgan fingerprint density at radius 3 is 2.63 bits per heavy atom. The monoisotopic (exact) mass is 389 g/mol. The van der Waals surface area contributed by atoms with Gasteiger partial charge in [-0.05, 0) is 30.2 Å². The molecule has 3 rings (SSSR count). The number of phenols is 1. The summed E-state index contributed by atoms with van der Waals surface area (Å²) in [6, 6.07) is 4.06. The van der Waals surface area contributed by atoms with E-state index >= 15 is 0 Å². The Hall–Kier alpha value is -2.78. The molecule has 27 heavy (non-hydrogen) atoms. The maximum Gasteiger partial charge on any atom is 0.352 e. The van der Waals surface area contributed by atoms with Gasteiger partial charge in [0, 0.05) is 5.75 Å². The minimum Gasteiger partial charge on any atom is -0.508 e. The number of fused-ring (bicyclic) bond motifs is 1. The average molecular weight is 389 g/mol. The summed E-state index contributed by atoms with van der Waals surface area (Å²) in [4.78, 5) is 37.7. The molecule has 2 aliphatic rings. The SMILES string of the molecule is CC=CC1=C(C(=O)O)N2C(=O)[C@@H](NC(=O)[C@@H](N)c3ccc(O)cc3)[C@H]2SC1. The molecule has 8 nitrogen and oxygen atoms in total. The van der Waals surface area contributed by atoms with Gasteiger partial charge in [-0.2, -0.15) is 0 Å². The van der Waals surface area contributed by atoms with Gasteiger partial charge in [-0.15, -0.1) is 11.8 Å². The lowest BCUT2D eigenvalue weighted by Crippen LogP contribution is -2.71. The lowest BCUT2D eigenvalue weighted by atomic mass is 10.0. The van der Waals surface area contributed by atoms with Crippen LogP contribution in [0.3, 0.4) is 0 Å². The molecule has 0 aromatic heterocycles. The number of rotatable bonds is 5. The smallest absolute Gasteiger partial charge is 0.352 e. The lowest BCUT2D eigenvalue weighted by molar-refractivity contribution is -0.150. The lowest BCUT2D eigenvalue weighted by Gasteiger charge is -2.49. The number of aromatic hydroxyl groups is 1. The number of nitrogens with zero attached hydrogens (tertiary/aromatic N) is 1. The van der Waals surface area contributed by atoms with Crippen molar-refractivity contribution >= 4 is 29.5 Å². The molecule has 2 amide bonds. The number of β-lactam (4-membered cyclic amide) rings is 1. The van der Waals surface area contributed by atoms with E-state index in [0.29, 0.717) is 16.9 Å². The van der Waals surface area contributed by atoms with Crippen molar-refractivity contribution in [2.45, 2.75) is 24.4 Å². The molecule has 2 heterocycles. The third kappa shape index (κ3) is 3.43. The fourth-order valence-corrected chi connectivity index (χ4v) is 4.37. The van der Waals surface area contributed by atoms with Crippen LogP contribution in [0.2, 0.25) is 0 Å². The highest BCUT2D eigenvalue weighted by atomic mass is 32.2. The standard InChI is InChI=1S/C18H19N3O5S/c1-2-3-10-8-27-17-13(16(24)21(17)14(10)18(25)26)20-15(23)12(19)9-4-6-11(22)7-5-9/h2-7,12-13,17,22H,8,19H2,1H3,(H,20,23)(H,25,26)/t12-,13+,17+/m0/s1. The van der Waals surface area contributed by atoms with Gasteiger partial charge < -0.3 is 21.3 Å². The van der Waals surface area contributed by atoms with Crippen LogP contribution in [0.15, 0.2) is 47.7 Å². The Morgan fingerprint density at radius 2 is 2.04 bits per heavy atom. The minimum absolute atomic E-state index is 0.0461. The molecule has 0 aliphatic carbocycles. The molecule has 0 saturated carbocycles. The van der Waals surface area contributed by atoms with Crippen molar-refractivity contribution in [2.75, 3.05) is 5.75 Å². The number of carboxylic acid groups (broad SMARTS) is 1. The van der Waals surface area contributed by atoms with Crippen LogP contribution in [-0.2, 0) is 14.4 Å². The third-order valence-electron chi connectivity index (χ3n) is 4.40. The summed E-state index contributed by atoms with van der Waals surface area (Å²) in [5, 5.41) is 20.9. The minimum atomic E-state index is -1.17. The van der Waals surface area contributed by atoms with Crippen LogP contribution in [0.4, 0.5) is 0 Å². The molecule has 0 spiro atoms. The van der Waals surface area contributed by atoms with Crippen LogP contribution in [0, 0.1) is 0 Å². The van der Waals surface area contributed by atoms with Gasteiger partial charge in [0.05, 0.1) is 0 Å². The molecule has 142 valence electrons. The number of benzene rings is 1. The number of nitrogens with two attached hydrogens (primary N) is 1. The Morgan fingerprint density at radius 1 is 1.37 bits per heavy atom. The molecule has 0 radical (unpaired) electrons. The fraction of sp³-hybridized carbons (Fsp3) is 0.278.